The van der Waals surface area contributed by atoms with Crippen molar-refractivity contribution in [2.24, 2.45) is 10.8 Å². The molecule has 0 atom stereocenters. The summed E-state index contributed by atoms with van der Waals surface area (Å²) in [5, 5.41) is 15.5. The highest BCUT2D eigenvalue weighted by molar-refractivity contribution is 6.64. The number of hydrogen-bond acceptors (Lipinski definition) is 12. The van der Waals surface area contributed by atoms with Gasteiger partial charge in [0.25, 0.3) is 0 Å². The van der Waals surface area contributed by atoms with Crippen LogP contribution in [-0.4, -0.2) is 89.0 Å². The van der Waals surface area contributed by atoms with Crippen molar-refractivity contribution in [2.75, 3.05) is 39.4 Å². The normalized spacial score (nSPS) is 19.0. The Hall–Kier alpha value is -3.49. The molecule has 1 N–H and O–H groups in total. The Morgan fingerprint density at radius 2 is 1.02 bits per heavy atom. The van der Waals surface area contributed by atoms with Crippen molar-refractivity contribution >= 4 is 69.1 Å². The minimum atomic E-state index is -0.973. The first-order chi connectivity index (χ1) is 28.3. The largest absolute Gasteiger partial charge is 0.507 e. The molecule has 2 aromatic carbocycles. The zero-order valence-corrected chi connectivity index (χ0v) is 39.8. The summed E-state index contributed by atoms with van der Waals surface area (Å²) in [6.07, 6.45) is 2.00. The van der Waals surface area contributed by atoms with Crippen molar-refractivity contribution in [1.82, 2.24) is 10.1 Å². The van der Waals surface area contributed by atoms with E-state index in [9.17, 15) is 24.3 Å². The van der Waals surface area contributed by atoms with Crippen molar-refractivity contribution in [3.05, 3.63) is 79.2 Å². The first-order valence-corrected chi connectivity index (χ1v) is 21.8. The molecule has 15 heteroatoms. The number of rotatable bonds is 7. The van der Waals surface area contributed by atoms with Crippen LogP contribution in [0.2, 0.25) is 10.0 Å². The molecule has 0 radical (unpaired) electrons. The molecule has 6 rings (SSSR count). The topological polar surface area (TPSA) is 141 Å². The van der Waals surface area contributed by atoms with E-state index >= 15 is 0 Å². The summed E-state index contributed by atoms with van der Waals surface area (Å²) >= 11 is 17.4. The molecule has 0 unspecified atom stereocenters. The Balaban J connectivity index is 0.000000236. The van der Waals surface area contributed by atoms with Gasteiger partial charge in [-0.2, -0.15) is 10.1 Å². The molecule has 2 fully saturated rings. The predicted octanol–water partition coefficient (Wildman–Crippen LogP) is 9.97. The summed E-state index contributed by atoms with van der Waals surface area (Å²) < 4.78 is 17.5. The second-order valence-corrected chi connectivity index (χ2v) is 19.1. The minimum absolute atomic E-state index is 0.0390. The van der Waals surface area contributed by atoms with Crippen molar-refractivity contribution in [3.8, 4) is 0 Å². The second-order valence-electron chi connectivity index (χ2n) is 17.9. The second kappa shape index (κ2) is 19.9. The monoisotopic (exact) mass is 906 g/mol. The average Bonchev–Trinajstić information content (AvgIpc) is 3.53. The number of piperidine rings is 2. The van der Waals surface area contributed by atoms with Gasteiger partial charge in [0.15, 0.2) is 22.7 Å². The fourth-order valence-electron chi connectivity index (χ4n) is 7.62. The maximum absolute atomic E-state index is 13.1. The summed E-state index contributed by atoms with van der Waals surface area (Å²) in [5.41, 5.74) is 2.39. The van der Waals surface area contributed by atoms with Gasteiger partial charge in [0, 0.05) is 67.3 Å². The first kappa shape index (κ1) is 50.2. The number of aliphatic hydroxyl groups is 1. The molecule has 12 nitrogen and oxygen atoms in total. The highest BCUT2D eigenvalue weighted by Crippen LogP contribution is 2.48. The van der Waals surface area contributed by atoms with E-state index in [1.54, 1.807) is 65.8 Å². The van der Waals surface area contributed by atoms with E-state index in [0.717, 1.165) is 22.3 Å². The third kappa shape index (κ3) is 11.6. The lowest BCUT2D eigenvalue weighted by Crippen LogP contribution is -2.47. The molecule has 4 aliphatic heterocycles. The smallest absolute Gasteiger partial charge is 0.343 e. The van der Waals surface area contributed by atoms with Crippen LogP contribution >= 0.6 is 34.8 Å². The fourth-order valence-corrected chi connectivity index (χ4v) is 8.27. The third-order valence-corrected chi connectivity index (χ3v) is 11.9. The molecule has 4 aliphatic rings. The lowest BCUT2D eigenvalue weighted by molar-refractivity contribution is -0.197. The van der Waals surface area contributed by atoms with Gasteiger partial charge in [-0.1, -0.05) is 44.0 Å². The summed E-state index contributed by atoms with van der Waals surface area (Å²) in [6.45, 7) is 25.6. The van der Waals surface area contributed by atoms with Gasteiger partial charge in [0.1, 0.15) is 11.1 Å². The Kier molecular flexibility index (Phi) is 16.4. The van der Waals surface area contributed by atoms with Crippen molar-refractivity contribution < 1.29 is 48.2 Å². The maximum Gasteiger partial charge on any atom is 0.343 e. The molecule has 2 aromatic rings. The first-order valence-electron chi connectivity index (χ1n) is 20.7. The van der Waals surface area contributed by atoms with Gasteiger partial charge in [0.2, 0.25) is 5.24 Å². The lowest BCUT2D eigenvalue weighted by Gasteiger charge is -2.38. The molecule has 0 aromatic heterocycles. The van der Waals surface area contributed by atoms with Gasteiger partial charge < -0.3 is 19.3 Å². The van der Waals surface area contributed by atoms with Crippen LogP contribution in [0.1, 0.15) is 114 Å². The number of aryl methyl sites for hydroxylation is 4. The molecular weight excluding hydrogens is 847 g/mol. The van der Waals surface area contributed by atoms with E-state index < -0.39 is 34.5 Å². The number of nitrogens with zero attached hydrogens (tertiary/aromatic N) is 2. The van der Waals surface area contributed by atoms with Crippen LogP contribution in [0.5, 0.6) is 0 Å². The summed E-state index contributed by atoms with van der Waals surface area (Å²) in [4.78, 5) is 59.8. The van der Waals surface area contributed by atoms with Crippen LogP contribution in [0.25, 0.3) is 11.1 Å². The SMILES string of the molecule is CC(C)(C)C(=O)Cl.CCON1CCC2(CC1)OC(=O)C(c1c(C)cc(Cl)cc1C)=C2O.CCON1CCC2(CC1)OC(=O)C(c1c(C)cc(Cl)cc1C)=C2OC(=O)C(C)(C)C. The van der Waals surface area contributed by atoms with Crippen molar-refractivity contribution in [2.45, 2.75) is 120 Å². The van der Waals surface area contributed by atoms with Crippen LogP contribution in [-0.2, 0) is 43.1 Å². The van der Waals surface area contributed by atoms with Gasteiger partial charge in [-0.15, -0.1) is 0 Å². The third-order valence-electron chi connectivity index (χ3n) is 10.9. The Morgan fingerprint density at radius 1 is 0.672 bits per heavy atom. The number of halogens is 3. The zero-order valence-electron chi connectivity index (χ0n) is 37.5. The van der Waals surface area contributed by atoms with Crippen molar-refractivity contribution in [3.63, 3.8) is 0 Å². The Labute approximate surface area is 375 Å². The molecule has 0 bridgehead atoms. The van der Waals surface area contributed by atoms with E-state index in [0.29, 0.717) is 97.6 Å². The molecule has 0 aliphatic carbocycles. The van der Waals surface area contributed by atoms with E-state index in [4.69, 9.17) is 58.7 Å². The molecule has 2 saturated heterocycles. The maximum atomic E-state index is 13.1. The number of benzene rings is 2. The molecule has 0 amide bonds. The highest BCUT2D eigenvalue weighted by atomic mass is 35.5. The van der Waals surface area contributed by atoms with E-state index in [1.807, 2.05) is 51.7 Å². The standard InChI is InChI=1S/C23H30ClNO5.C18H22ClNO4.C5H9ClO/c1-7-28-25-10-8-23(9-11-25)19(29-21(27)22(4,5)6)18(20(26)30-23)17-14(2)12-16(24)13-15(17)3;1-4-23-20-7-5-18(6-8-20)16(21)15(17(22)24-18)14-11(2)9-13(19)10-12(14)3;1-5(2,3)4(6)7/h12-13H,7-11H2,1-6H3;9-10,21H,4-8H2,1-3H3;1-3H3. The van der Waals surface area contributed by atoms with Gasteiger partial charge in [0.05, 0.1) is 18.6 Å². The number of hydroxylamine groups is 4. The van der Waals surface area contributed by atoms with Crippen LogP contribution in [0.4, 0.5) is 0 Å². The van der Waals surface area contributed by atoms with Gasteiger partial charge in [-0.05, 0) is 132 Å². The predicted molar refractivity (Wildman–Crippen MR) is 237 cm³/mol. The highest BCUT2D eigenvalue weighted by Gasteiger charge is 2.54. The van der Waals surface area contributed by atoms with Crippen LogP contribution < -0.4 is 0 Å². The average molecular weight is 908 g/mol. The number of hydrogen-bond donors (Lipinski definition) is 1. The summed E-state index contributed by atoms with van der Waals surface area (Å²) in [6, 6.07) is 7.19. The number of carbonyl (C=O) groups excluding carboxylic acids is 4. The van der Waals surface area contributed by atoms with Gasteiger partial charge in [-0.3, -0.25) is 19.3 Å². The van der Waals surface area contributed by atoms with Crippen LogP contribution in [0, 0.1) is 38.5 Å². The molecule has 336 valence electrons. The quantitative estimate of drug-likeness (QED) is 0.161. The Bertz CT molecular complexity index is 2020. The fraction of sp³-hybridized carbons (Fsp3) is 0.565. The molecular formula is C46H61Cl3N2O10. The number of carbonyl (C=O) groups is 4. The number of esters is 3. The Morgan fingerprint density at radius 3 is 1.38 bits per heavy atom. The summed E-state index contributed by atoms with van der Waals surface area (Å²) in [7, 11) is 0. The number of ether oxygens (including phenoxy) is 3. The molecule has 2 spiro atoms. The summed E-state index contributed by atoms with van der Waals surface area (Å²) in [5.74, 6) is -0.977. The van der Waals surface area contributed by atoms with E-state index in [1.165, 1.54) is 0 Å². The molecule has 61 heavy (non-hydrogen) atoms. The van der Waals surface area contributed by atoms with E-state index in [2.05, 4.69) is 0 Å². The van der Waals surface area contributed by atoms with Crippen LogP contribution in [0.3, 0.4) is 0 Å². The molecule has 0 saturated carbocycles. The van der Waals surface area contributed by atoms with Gasteiger partial charge >= 0.3 is 17.9 Å². The zero-order chi connectivity index (χ0) is 45.8. The van der Waals surface area contributed by atoms with E-state index in [-0.39, 0.29) is 22.0 Å². The van der Waals surface area contributed by atoms with Crippen molar-refractivity contribution in [1.29, 1.82) is 0 Å². The molecule has 4 heterocycles. The lowest BCUT2D eigenvalue weighted by atomic mass is 9.86. The minimum Gasteiger partial charge on any atom is -0.507 e. The van der Waals surface area contributed by atoms with Gasteiger partial charge in [-0.25, -0.2) is 9.59 Å². The van der Waals surface area contributed by atoms with Crippen LogP contribution in [0.15, 0.2) is 35.8 Å². The number of aliphatic hydroxyl groups excluding tert-OH is 1.